The Bertz CT molecular complexity index is 1000. The smallest absolute Gasteiger partial charge is 0.119 e. The van der Waals surface area contributed by atoms with Crippen LogP contribution in [0, 0.1) is 6.92 Å². The Morgan fingerprint density at radius 2 is 1.90 bits per heavy atom. The van der Waals surface area contributed by atoms with E-state index in [0.717, 1.165) is 12.3 Å². The molecule has 2 fully saturated rings. The molecule has 2 nitrogen and oxygen atoms in total. The number of ether oxygens (including phenoxy) is 1. The molecule has 2 bridgehead atoms. The number of thiophene rings is 2. The average molecular weight is 422 g/mol. The van der Waals surface area contributed by atoms with Crippen molar-refractivity contribution in [3.8, 4) is 5.75 Å². The molecule has 0 radical (unpaired) electrons. The Kier molecular flexibility index (Phi) is 5.33. The van der Waals surface area contributed by atoms with Crippen LogP contribution in [0.1, 0.15) is 46.6 Å². The summed E-state index contributed by atoms with van der Waals surface area (Å²) in [4.78, 5) is 5.71. The van der Waals surface area contributed by atoms with E-state index in [4.69, 9.17) is 4.74 Å². The number of methoxy groups -OCH3 is 1. The lowest BCUT2D eigenvalue weighted by Crippen LogP contribution is -2.39. The molecular formula is C25H27NOS2. The van der Waals surface area contributed by atoms with Gasteiger partial charge in [-0.05, 0) is 90.4 Å². The number of hydrogen-bond acceptors (Lipinski definition) is 4. The summed E-state index contributed by atoms with van der Waals surface area (Å²) < 4.78 is 5.52. The van der Waals surface area contributed by atoms with E-state index in [9.17, 15) is 0 Å². The van der Waals surface area contributed by atoms with Crippen molar-refractivity contribution in [1.82, 2.24) is 4.90 Å². The maximum atomic E-state index is 5.52. The molecule has 4 heteroatoms. The zero-order valence-electron chi connectivity index (χ0n) is 17.1. The van der Waals surface area contributed by atoms with Crippen molar-refractivity contribution < 1.29 is 4.74 Å². The third-order valence-corrected chi connectivity index (χ3v) is 8.06. The monoisotopic (exact) mass is 421 g/mol. The van der Waals surface area contributed by atoms with Gasteiger partial charge in [0.2, 0.25) is 0 Å². The maximum absolute atomic E-state index is 5.52. The second-order valence-electron chi connectivity index (χ2n) is 8.20. The topological polar surface area (TPSA) is 12.5 Å². The molecule has 0 aliphatic carbocycles. The fourth-order valence-corrected chi connectivity index (χ4v) is 6.62. The van der Waals surface area contributed by atoms with Crippen LogP contribution in [0.15, 0.2) is 58.8 Å². The molecule has 29 heavy (non-hydrogen) atoms. The molecule has 2 unspecified atom stereocenters. The third kappa shape index (κ3) is 3.81. The van der Waals surface area contributed by atoms with Crippen LogP contribution in [0.25, 0.3) is 5.57 Å². The van der Waals surface area contributed by atoms with Crippen LogP contribution in [0.4, 0.5) is 0 Å². The summed E-state index contributed by atoms with van der Waals surface area (Å²) in [5.41, 5.74) is 5.72. The zero-order valence-corrected chi connectivity index (χ0v) is 18.7. The van der Waals surface area contributed by atoms with Crippen molar-refractivity contribution >= 4 is 28.2 Å². The molecule has 2 saturated heterocycles. The Morgan fingerprint density at radius 1 is 1.07 bits per heavy atom. The zero-order chi connectivity index (χ0) is 19.8. The molecule has 150 valence electrons. The highest BCUT2D eigenvalue weighted by Crippen LogP contribution is 2.44. The van der Waals surface area contributed by atoms with E-state index in [1.54, 1.807) is 24.0 Å². The molecule has 0 amide bonds. The normalized spacial score (nSPS) is 21.5. The molecule has 3 aromatic rings. The summed E-state index contributed by atoms with van der Waals surface area (Å²) in [7, 11) is 1.75. The molecule has 5 rings (SSSR count). The van der Waals surface area contributed by atoms with E-state index in [0.29, 0.717) is 12.1 Å². The van der Waals surface area contributed by atoms with Crippen molar-refractivity contribution in [3.05, 3.63) is 79.7 Å². The SMILES string of the molecule is COc1cccc(C(=C2CC3CCC(C2)N3Cc2ccc(C)s2)c2ccsc2)c1. The van der Waals surface area contributed by atoms with E-state index in [1.165, 1.54) is 52.1 Å². The number of piperidine rings is 1. The quantitative estimate of drug-likeness (QED) is 0.451. The predicted molar refractivity (Wildman–Crippen MR) is 124 cm³/mol. The Labute approximate surface area is 181 Å². The molecule has 2 atom stereocenters. The van der Waals surface area contributed by atoms with Crippen molar-refractivity contribution in [2.24, 2.45) is 0 Å². The second kappa shape index (κ2) is 8.10. The van der Waals surface area contributed by atoms with Crippen LogP contribution in [0.5, 0.6) is 5.75 Å². The van der Waals surface area contributed by atoms with Gasteiger partial charge in [0.15, 0.2) is 0 Å². The van der Waals surface area contributed by atoms with Crippen molar-refractivity contribution in [3.63, 3.8) is 0 Å². The Morgan fingerprint density at radius 3 is 2.55 bits per heavy atom. The average Bonchev–Trinajstić information content (AvgIpc) is 3.44. The van der Waals surface area contributed by atoms with Crippen LogP contribution in [-0.4, -0.2) is 24.1 Å². The molecule has 2 aliphatic rings. The number of aryl methyl sites for hydroxylation is 1. The van der Waals surface area contributed by atoms with E-state index in [1.807, 2.05) is 17.4 Å². The summed E-state index contributed by atoms with van der Waals surface area (Å²) >= 11 is 3.74. The maximum Gasteiger partial charge on any atom is 0.119 e. The summed E-state index contributed by atoms with van der Waals surface area (Å²) in [6.45, 7) is 3.33. The predicted octanol–water partition coefficient (Wildman–Crippen LogP) is 6.76. The minimum absolute atomic E-state index is 0.672. The van der Waals surface area contributed by atoms with Gasteiger partial charge in [0.05, 0.1) is 7.11 Å². The molecule has 1 aromatic carbocycles. The molecular weight excluding hydrogens is 394 g/mol. The van der Waals surface area contributed by atoms with Crippen molar-refractivity contribution in [2.75, 3.05) is 7.11 Å². The summed E-state index contributed by atoms with van der Waals surface area (Å²) in [6, 6.07) is 16.8. The van der Waals surface area contributed by atoms with Gasteiger partial charge in [0, 0.05) is 28.4 Å². The summed E-state index contributed by atoms with van der Waals surface area (Å²) in [6.07, 6.45) is 5.02. The third-order valence-electron chi connectivity index (χ3n) is 6.39. The van der Waals surface area contributed by atoms with Gasteiger partial charge >= 0.3 is 0 Å². The molecule has 0 N–H and O–H groups in total. The number of benzene rings is 1. The molecule has 2 aromatic heterocycles. The van der Waals surface area contributed by atoms with Gasteiger partial charge in [-0.3, -0.25) is 4.90 Å². The first-order valence-electron chi connectivity index (χ1n) is 10.4. The first-order valence-corrected chi connectivity index (χ1v) is 12.2. The van der Waals surface area contributed by atoms with E-state index in [2.05, 4.69) is 59.0 Å². The molecule has 0 spiro atoms. The summed E-state index contributed by atoms with van der Waals surface area (Å²) in [5.74, 6) is 0.935. The van der Waals surface area contributed by atoms with E-state index < -0.39 is 0 Å². The fraction of sp³-hybridized carbons (Fsp3) is 0.360. The molecule has 4 heterocycles. The Balaban J connectivity index is 1.49. The molecule has 2 aliphatic heterocycles. The van der Waals surface area contributed by atoms with Gasteiger partial charge in [-0.1, -0.05) is 17.7 Å². The van der Waals surface area contributed by atoms with Crippen LogP contribution < -0.4 is 4.74 Å². The minimum atomic E-state index is 0.672. The van der Waals surface area contributed by atoms with Gasteiger partial charge in [-0.25, -0.2) is 0 Å². The van der Waals surface area contributed by atoms with Crippen molar-refractivity contribution in [1.29, 1.82) is 0 Å². The molecule has 0 saturated carbocycles. The Hall–Kier alpha value is -1.88. The van der Waals surface area contributed by atoms with Crippen LogP contribution >= 0.6 is 22.7 Å². The summed E-state index contributed by atoms with van der Waals surface area (Å²) in [5, 5.41) is 4.49. The lowest BCUT2D eigenvalue weighted by Gasteiger charge is -2.37. The van der Waals surface area contributed by atoms with Crippen LogP contribution in [0.2, 0.25) is 0 Å². The first kappa shape index (κ1) is 19.1. The number of fused-ring (bicyclic) bond motifs is 2. The van der Waals surface area contributed by atoms with Crippen LogP contribution in [0.3, 0.4) is 0 Å². The largest absolute Gasteiger partial charge is 0.497 e. The number of hydrogen-bond donors (Lipinski definition) is 0. The highest BCUT2D eigenvalue weighted by Gasteiger charge is 2.39. The van der Waals surface area contributed by atoms with Gasteiger partial charge in [-0.2, -0.15) is 11.3 Å². The van der Waals surface area contributed by atoms with Crippen molar-refractivity contribution in [2.45, 2.75) is 51.2 Å². The van der Waals surface area contributed by atoms with Gasteiger partial charge in [0.25, 0.3) is 0 Å². The number of rotatable bonds is 5. The minimum Gasteiger partial charge on any atom is -0.497 e. The highest BCUT2D eigenvalue weighted by atomic mass is 32.1. The van der Waals surface area contributed by atoms with Gasteiger partial charge in [0.1, 0.15) is 5.75 Å². The fourth-order valence-electron chi connectivity index (χ4n) is 5.08. The lowest BCUT2D eigenvalue weighted by molar-refractivity contribution is 0.159. The van der Waals surface area contributed by atoms with Gasteiger partial charge in [-0.15, -0.1) is 11.3 Å². The second-order valence-corrected chi connectivity index (χ2v) is 10.4. The van der Waals surface area contributed by atoms with Gasteiger partial charge < -0.3 is 4.74 Å². The van der Waals surface area contributed by atoms with E-state index >= 15 is 0 Å². The van der Waals surface area contributed by atoms with E-state index in [-0.39, 0.29) is 0 Å². The van der Waals surface area contributed by atoms with Crippen LogP contribution in [-0.2, 0) is 6.54 Å². The number of nitrogens with zero attached hydrogens (tertiary/aromatic N) is 1. The lowest BCUT2D eigenvalue weighted by atomic mass is 9.86. The standard InChI is InChI=1S/C25H27NOS2/c1-17-6-9-24(29-17)15-26-21-7-8-22(26)13-20(12-21)25(19-10-11-28-16-19)18-4-3-5-23(14-18)27-2/h3-6,9-11,14,16,21-22H,7-8,12-13,15H2,1-2H3. The highest BCUT2D eigenvalue weighted by molar-refractivity contribution is 7.11. The first-order chi connectivity index (χ1) is 14.2.